The lowest BCUT2D eigenvalue weighted by molar-refractivity contribution is 0.139. The highest BCUT2D eigenvalue weighted by molar-refractivity contribution is 5.43. The van der Waals surface area contributed by atoms with Gasteiger partial charge in [-0.3, -0.25) is 4.90 Å². The van der Waals surface area contributed by atoms with Crippen molar-refractivity contribution < 1.29 is 0 Å². The normalized spacial score (nSPS) is 21.5. The van der Waals surface area contributed by atoms with Crippen LogP contribution in [-0.2, 0) is 5.54 Å². The lowest BCUT2D eigenvalue weighted by atomic mass is 9.97. The zero-order chi connectivity index (χ0) is 14.8. The maximum atomic E-state index is 3.69. The zero-order valence-electron chi connectivity index (χ0n) is 13.0. The summed E-state index contributed by atoms with van der Waals surface area (Å²) in [5, 5.41) is 3.69. The molecule has 2 aliphatic rings. The van der Waals surface area contributed by atoms with Gasteiger partial charge in [-0.2, -0.15) is 0 Å². The molecule has 1 heterocycles. The summed E-state index contributed by atoms with van der Waals surface area (Å²) >= 11 is 0. The van der Waals surface area contributed by atoms with Crippen molar-refractivity contribution in [2.24, 2.45) is 0 Å². The van der Waals surface area contributed by atoms with Gasteiger partial charge in [-0.1, -0.05) is 48.5 Å². The van der Waals surface area contributed by atoms with Crippen LogP contribution in [0, 0.1) is 0 Å². The van der Waals surface area contributed by atoms with Gasteiger partial charge in [-0.05, 0) is 43.4 Å². The summed E-state index contributed by atoms with van der Waals surface area (Å²) in [4.78, 5) is 2.73. The molecule has 1 aliphatic carbocycles. The third-order valence-electron chi connectivity index (χ3n) is 5.28. The molecule has 114 valence electrons. The van der Waals surface area contributed by atoms with E-state index in [2.05, 4.69) is 70.9 Å². The van der Waals surface area contributed by atoms with Crippen LogP contribution >= 0.6 is 0 Å². The van der Waals surface area contributed by atoms with Gasteiger partial charge < -0.3 is 5.32 Å². The van der Waals surface area contributed by atoms with E-state index in [1.54, 1.807) is 0 Å². The quantitative estimate of drug-likeness (QED) is 0.906. The highest BCUT2D eigenvalue weighted by Gasteiger charge is 2.49. The number of para-hydroxylation sites is 1. The van der Waals surface area contributed by atoms with Gasteiger partial charge in [0.1, 0.15) is 0 Å². The molecule has 1 saturated heterocycles. The van der Waals surface area contributed by atoms with Gasteiger partial charge >= 0.3 is 0 Å². The van der Waals surface area contributed by atoms with Crippen LogP contribution in [0.15, 0.2) is 60.7 Å². The van der Waals surface area contributed by atoms with Gasteiger partial charge in [0.15, 0.2) is 0 Å². The molecule has 0 unspecified atom stereocenters. The molecule has 22 heavy (non-hydrogen) atoms. The van der Waals surface area contributed by atoms with Crippen LogP contribution in [0.4, 0.5) is 5.69 Å². The fourth-order valence-electron chi connectivity index (χ4n) is 3.88. The topological polar surface area (TPSA) is 15.3 Å². The number of hydrogen-bond donors (Lipinski definition) is 1. The Labute approximate surface area is 133 Å². The second kappa shape index (κ2) is 5.77. The van der Waals surface area contributed by atoms with E-state index in [4.69, 9.17) is 0 Å². The molecule has 0 amide bonds. The van der Waals surface area contributed by atoms with E-state index in [9.17, 15) is 0 Å². The summed E-state index contributed by atoms with van der Waals surface area (Å²) in [6.45, 7) is 2.42. The first-order valence-electron chi connectivity index (χ1n) is 8.49. The highest BCUT2D eigenvalue weighted by Crippen LogP contribution is 2.51. The monoisotopic (exact) mass is 292 g/mol. The summed E-state index contributed by atoms with van der Waals surface area (Å²) in [6, 6.07) is 22.3. The summed E-state index contributed by atoms with van der Waals surface area (Å²) in [5.74, 6) is 0. The van der Waals surface area contributed by atoms with E-state index in [-0.39, 0.29) is 0 Å². The van der Waals surface area contributed by atoms with Crippen molar-refractivity contribution in [3.8, 4) is 0 Å². The van der Waals surface area contributed by atoms with E-state index < -0.39 is 0 Å². The smallest absolute Gasteiger partial charge is 0.0462 e. The number of likely N-dealkylation sites (tertiary alicyclic amines) is 1. The van der Waals surface area contributed by atoms with Crippen LogP contribution < -0.4 is 5.32 Å². The molecular weight excluding hydrogens is 268 g/mol. The molecule has 0 radical (unpaired) electrons. The SMILES string of the molecule is c1ccc(NC2CCN(C3(c4ccccc4)CC3)CC2)cc1. The minimum Gasteiger partial charge on any atom is -0.382 e. The maximum Gasteiger partial charge on any atom is 0.0462 e. The highest BCUT2D eigenvalue weighted by atomic mass is 15.2. The van der Waals surface area contributed by atoms with E-state index in [1.807, 2.05) is 0 Å². The molecule has 4 rings (SSSR count). The molecule has 0 aromatic heterocycles. The molecule has 2 aromatic rings. The summed E-state index contributed by atoms with van der Waals surface area (Å²) in [7, 11) is 0. The Morgan fingerprint density at radius 1 is 0.818 bits per heavy atom. The van der Waals surface area contributed by atoms with Crippen LogP contribution in [0.25, 0.3) is 0 Å². The van der Waals surface area contributed by atoms with Gasteiger partial charge in [0.25, 0.3) is 0 Å². The fourth-order valence-corrected chi connectivity index (χ4v) is 3.88. The third-order valence-corrected chi connectivity index (χ3v) is 5.28. The summed E-state index contributed by atoms with van der Waals surface area (Å²) in [5.41, 5.74) is 3.13. The summed E-state index contributed by atoms with van der Waals surface area (Å²) < 4.78 is 0. The molecule has 2 aromatic carbocycles. The largest absolute Gasteiger partial charge is 0.382 e. The fraction of sp³-hybridized carbons (Fsp3) is 0.400. The third kappa shape index (κ3) is 2.64. The maximum absolute atomic E-state index is 3.69. The van der Waals surface area contributed by atoms with Crippen molar-refractivity contribution in [2.75, 3.05) is 18.4 Å². The molecule has 2 nitrogen and oxygen atoms in total. The van der Waals surface area contributed by atoms with Crippen LogP contribution in [-0.4, -0.2) is 24.0 Å². The number of nitrogens with one attached hydrogen (secondary N) is 1. The van der Waals surface area contributed by atoms with Gasteiger partial charge in [0.05, 0.1) is 0 Å². The van der Waals surface area contributed by atoms with Crippen molar-refractivity contribution in [3.05, 3.63) is 66.2 Å². The molecule has 1 N–H and O–H groups in total. The van der Waals surface area contributed by atoms with E-state index >= 15 is 0 Å². The Morgan fingerprint density at radius 2 is 1.41 bits per heavy atom. The zero-order valence-corrected chi connectivity index (χ0v) is 13.0. The molecule has 2 fully saturated rings. The van der Waals surface area contributed by atoms with E-state index in [1.165, 1.54) is 50.0 Å². The first-order chi connectivity index (χ1) is 10.9. The van der Waals surface area contributed by atoms with Crippen LogP contribution in [0.2, 0.25) is 0 Å². The van der Waals surface area contributed by atoms with Crippen molar-refractivity contribution in [1.29, 1.82) is 0 Å². The van der Waals surface area contributed by atoms with Crippen molar-refractivity contribution >= 4 is 5.69 Å². The van der Waals surface area contributed by atoms with Crippen LogP contribution in [0.1, 0.15) is 31.2 Å². The Kier molecular flexibility index (Phi) is 3.63. The average Bonchev–Trinajstić information content (AvgIpc) is 3.39. The molecular formula is C20H24N2. The van der Waals surface area contributed by atoms with Crippen molar-refractivity contribution in [1.82, 2.24) is 4.90 Å². The number of benzene rings is 2. The minimum absolute atomic E-state index is 0.360. The van der Waals surface area contributed by atoms with Gasteiger partial charge in [-0.15, -0.1) is 0 Å². The molecule has 0 bridgehead atoms. The van der Waals surface area contributed by atoms with Gasteiger partial charge in [0, 0.05) is 30.4 Å². The Morgan fingerprint density at radius 3 is 2.00 bits per heavy atom. The Balaban J connectivity index is 1.38. The first-order valence-corrected chi connectivity index (χ1v) is 8.49. The second-order valence-corrected chi connectivity index (χ2v) is 6.67. The lowest BCUT2D eigenvalue weighted by Gasteiger charge is -2.39. The number of anilines is 1. The molecule has 0 atom stereocenters. The molecule has 1 saturated carbocycles. The molecule has 2 heteroatoms. The van der Waals surface area contributed by atoms with E-state index in [0.717, 1.165) is 0 Å². The van der Waals surface area contributed by atoms with Crippen LogP contribution in [0.3, 0.4) is 0 Å². The number of piperidine rings is 1. The first kappa shape index (κ1) is 13.8. The molecule has 1 aliphatic heterocycles. The number of hydrogen-bond acceptors (Lipinski definition) is 2. The Hall–Kier alpha value is -1.80. The van der Waals surface area contributed by atoms with Gasteiger partial charge in [0.2, 0.25) is 0 Å². The average molecular weight is 292 g/mol. The standard InChI is InChI=1S/C20H24N2/c1-3-7-17(8-4-1)20(13-14-20)22-15-11-19(12-16-22)21-18-9-5-2-6-10-18/h1-10,19,21H,11-16H2. The predicted octanol–water partition coefficient (Wildman–Crippen LogP) is 4.25. The minimum atomic E-state index is 0.360. The predicted molar refractivity (Wildman–Crippen MR) is 92.0 cm³/mol. The van der Waals surface area contributed by atoms with E-state index in [0.29, 0.717) is 11.6 Å². The van der Waals surface area contributed by atoms with Crippen molar-refractivity contribution in [2.45, 2.75) is 37.3 Å². The van der Waals surface area contributed by atoms with Crippen molar-refractivity contribution in [3.63, 3.8) is 0 Å². The number of nitrogens with zero attached hydrogens (tertiary/aromatic N) is 1. The van der Waals surface area contributed by atoms with Crippen LogP contribution in [0.5, 0.6) is 0 Å². The lowest BCUT2D eigenvalue weighted by Crippen LogP contribution is -2.44. The summed E-state index contributed by atoms with van der Waals surface area (Å²) in [6.07, 6.45) is 5.13. The second-order valence-electron chi connectivity index (χ2n) is 6.67. The molecule has 0 spiro atoms. The van der Waals surface area contributed by atoms with Gasteiger partial charge in [-0.25, -0.2) is 0 Å². The number of rotatable bonds is 4. The Bertz CT molecular complexity index is 596.